The summed E-state index contributed by atoms with van der Waals surface area (Å²) in [5.74, 6) is -0.235. The first kappa shape index (κ1) is 42.9. The highest BCUT2D eigenvalue weighted by Gasteiger charge is 2.31. The molecular weight excluding hydrogens is 749 g/mol. The number of hydrogen-bond donors (Lipinski definition) is 5. The molecule has 2 aromatic carbocycles. The Kier molecular flexibility index (Phi) is 14.1. The van der Waals surface area contributed by atoms with Crippen LogP contribution >= 0.6 is 0 Å². The average molecular weight is 807 g/mol. The number of ether oxygens (including phenoxy) is 1. The molecule has 0 aliphatic heterocycles. The molecular formula is C44H58N10O5. The highest BCUT2D eigenvalue weighted by molar-refractivity contribution is 5.98. The minimum absolute atomic E-state index is 0.152. The van der Waals surface area contributed by atoms with Gasteiger partial charge in [0.25, 0.3) is 5.91 Å². The van der Waals surface area contributed by atoms with Crippen LogP contribution in [0.25, 0.3) is 22.5 Å². The number of nitrogens with zero attached hydrogens (tertiary/aromatic N) is 5. The number of benzene rings is 2. The molecule has 59 heavy (non-hydrogen) atoms. The fraction of sp³-hybridized carbons (Fsp3) is 0.500. The van der Waals surface area contributed by atoms with Crippen LogP contribution in [0.3, 0.4) is 0 Å². The molecule has 5 N–H and O–H groups in total. The Morgan fingerprint density at radius 1 is 0.864 bits per heavy atom. The Bertz CT molecular complexity index is 2030. The number of aromatic amines is 1. The van der Waals surface area contributed by atoms with Crippen LogP contribution in [0.15, 0.2) is 60.7 Å². The molecule has 4 aromatic rings. The number of H-pyrrole nitrogens is 1. The average Bonchev–Trinajstić information content (AvgIpc) is 3.76. The standard InChI is InChI=1S/C44H58N10O5/c1-27-36(23-24-37(46-27)41(56)47-34-19-21-35(22-20-34)54(5)6)30-11-7-28(8-12-30)25-38(42(57)48-33-17-15-31(16-18-33)39-50-52-53-51-39)49-40(55)32-13-9-29(10-14-32)26-45-43(58)59-44(2,3)4/h7-8,11-12,15-18,23-24,29,32,34-35,38H,9-10,13-14,19-22,25-26H2,1-6H3,(H,45,58)(H,47,56)(H,48,57)(H,49,55)(H,50,51,52,53). The molecule has 0 spiro atoms. The van der Waals surface area contributed by atoms with Gasteiger partial charge in [0.15, 0.2) is 0 Å². The maximum Gasteiger partial charge on any atom is 0.407 e. The molecule has 2 aromatic heterocycles. The van der Waals surface area contributed by atoms with E-state index in [4.69, 9.17) is 4.74 Å². The van der Waals surface area contributed by atoms with Gasteiger partial charge in [-0.05, 0) is 146 Å². The Morgan fingerprint density at radius 2 is 1.54 bits per heavy atom. The van der Waals surface area contributed by atoms with Crippen molar-refractivity contribution in [3.8, 4) is 22.5 Å². The molecule has 2 saturated carbocycles. The third-order valence-corrected chi connectivity index (χ3v) is 11.3. The zero-order chi connectivity index (χ0) is 42.1. The number of hydrogen-bond acceptors (Lipinski definition) is 10. The molecule has 6 rings (SSSR count). The van der Waals surface area contributed by atoms with Gasteiger partial charge in [0.05, 0.1) is 0 Å². The van der Waals surface area contributed by atoms with Crippen molar-refractivity contribution in [3.63, 3.8) is 0 Å². The molecule has 2 aliphatic rings. The van der Waals surface area contributed by atoms with Crippen molar-refractivity contribution in [2.24, 2.45) is 11.8 Å². The van der Waals surface area contributed by atoms with Crippen molar-refractivity contribution >= 4 is 29.5 Å². The van der Waals surface area contributed by atoms with E-state index in [1.807, 2.05) is 58.0 Å². The van der Waals surface area contributed by atoms with Crippen LogP contribution < -0.4 is 21.3 Å². The van der Waals surface area contributed by atoms with Gasteiger partial charge in [-0.25, -0.2) is 9.78 Å². The minimum Gasteiger partial charge on any atom is -0.444 e. The first-order valence-corrected chi connectivity index (χ1v) is 20.7. The van der Waals surface area contributed by atoms with E-state index in [2.05, 4.69) is 65.9 Å². The van der Waals surface area contributed by atoms with Crippen LogP contribution in [0.2, 0.25) is 0 Å². The molecule has 2 aliphatic carbocycles. The Balaban J connectivity index is 1.09. The van der Waals surface area contributed by atoms with Crippen LogP contribution in [0.5, 0.6) is 0 Å². The monoisotopic (exact) mass is 806 g/mol. The number of tetrazole rings is 1. The number of alkyl carbamates (subject to hydrolysis) is 1. The number of carbonyl (C=O) groups excluding carboxylic acids is 4. The second kappa shape index (κ2) is 19.4. The van der Waals surface area contributed by atoms with E-state index in [1.165, 1.54) is 0 Å². The van der Waals surface area contributed by atoms with E-state index < -0.39 is 17.7 Å². The lowest BCUT2D eigenvalue weighted by molar-refractivity contribution is -0.130. The smallest absolute Gasteiger partial charge is 0.407 e. The van der Waals surface area contributed by atoms with Gasteiger partial charge < -0.3 is 30.9 Å². The lowest BCUT2D eigenvalue weighted by Crippen LogP contribution is -2.48. The van der Waals surface area contributed by atoms with E-state index in [0.717, 1.165) is 66.5 Å². The van der Waals surface area contributed by atoms with Crippen LogP contribution in [0, 0.1) is 18.8 Å². The molecule has 2 fully saturated rings. The van der Waals surface area contributed by atoms with E-state index >= 15 is 0 Å². The number of carbonyl (C=O) groups is 4. The van der Waals surface area contributed by atoms with Gasteiger partial charge in [0.1, 0.15) is 17.3 Å². The quantitative estimate of drug-likeness (QED) is 0.110. The highest BCUT2D eigenvalue weighted by atomic mass is 16.6. The summed E-state index contributed by atoms with van der Waals surface area (Å²) >= 11 is 0. The number of anilines is 1. The fourth-order valence-corrected chi connectivity index (χ4v) is 7.93. The van der Waals surface area contributed by atoms with E-state index in [0.29, 0.717) is 42.6 Å². The van der Waals surface area contributed by atoms with Gasteiger partial charge in [-0.3, -0.25) is 14.4 Å². The van der Waals surface area contributed by atoms with Gasteiger partial charge in [-0.1, -0.05) is 30.3 Å². The highest BCUT2D eigenvalue weighted by Crippen LogP contribution is 2.30. The summed E-state index contributed by atoms with van der Waals surface area (Å²) in [6.45, 7) is 7.87. The Hall–Kier alpha value is -5.70. The number of amides is 4. The third-order valence-electron chi connectivity index (χ3n) is 11.3. The van der Waals surface area contributed by atoms with Gasteiger partial charge in [-0.15, -0.1) is 10.2 Å². The summed E-state index contributed by atoms with van der Waals surface area (Å²) in [6.07, 6.45) is 6.71. The second-order valence-electron chi connectivity index (χ2n) is 17.1. The van der Waals surface area contributed by atoms with Crippen molar-refractivity contribution in [2.45, 2.75) is 109 Å². The molecule has 15 nitrogen and oxygen atoms in total. The summed E-state index contributed by atoms with van der Waals surface area (Å²) in [5.41, 5.74) is 4.57. The van der Waals surface area contributed by atoms with E-state index in [1.54, 1.807) is 30.3 Å². The Morgan fingerprint density at radius 3 is 2.15 bits per heavy atom. The maximum atomic E-state index is 13.9. The lowest BCUT2D eigenvalue weighted by Gasteiger charge is -2.32. The minimum atomic E-state index is -0.851. The zero-order valence-electron chi connectivity index (χ0n) is 35.0. The van der Waals surface area contributed by atoms with Crippen molar-refractivity contribution in [1.82, 2.24) is 46.5 Å². The molecule has 2 heterocycles. The van der Waals surface area contributed by atoms with Crippen LogP contribution in [-0.4, -0.2) is 98.7 Å². The third kappa shape index (κ3) is 12.2. The number of rotatable bonds is 13. The van der Waals surface area contributed by atoms with Gasteiger partial charge >= 0.3 is 6.09 Å². The summed E-state index contributed by atoms with van der Waals surface area (Å²) in [5, 5.41) is 26.1. The molecule has 15 heteroatoms. The van der Waals surface area contributed by atoms with Crippen molar-refractivity contribution in [2.75, 3.05) is 26.0 Å². The van der Waals surface area contributed by atoms with E-state index in [-0.39, 0.29) is 42.0 Å². The number of aryl methyl sites for hydroxylation is 1. The topological polar surface area (TPSA) is 196 Å². The summed E-state index contributed by atoms with van der Waals surface area (Å²) in [4.78, 5) is 59.8. The zero-order valence-corrected chi connectivity index (χ0v) is 35.0. The van der Waals surface area contributed by atoms with Gasteiger partial charge in [-0.2, -0.15) is 5.21 Å². The molecule has 0 radical (unpaired) electrons. The molecule has 0 bridgehead atoms. The first-order valence-electron chi connectivity index (χ1n) is 20.7. The number of aromatic nitrogens is 5. The van der Waals surface area contributed by atoms with Crippen molar-refractivity contribution in [1.29, 1.82) is 0 Å². The van der Waals surface area contributed by atoms with Gasteiger partial charge in [0.2, 0.25) is 17.6 Å². The van der Waals surface area contributed by atoms with Crippen molar-refractivity contribution in [3.05, 3.63) is 77.6 Å². The molecule has 4 amide bonds. The van der Waals surface area contributed by atoms with Crippen LogP contribution in [-0.2, 0) is 20.7 Å². The number of pyridine rings is 1. The SMILES string of the molecule is Cc1nc(C(=O)NC2CCC(N(C)C)CC2)ccc1-c1ccc(CC(NC(=O)C2CCC(CNC(=O)OC(C)(C)C)CC2)C(=O)Nc2ccc(-c3nn[nH]n3)cc2)cc1. The predicted octanol–water partition coefficient (Wildman–Crippen LogP) is 5.84. The summed E-state index contributed by atoms with van der Waals surface area (Å²) in [7, 11) is 4.21. The molecule has 1 unspecified atom stereocenters. The lowest BCUT2D eigenvalue weighted by atomic mass is 9.81. The van der Waals surface area contributed by atoms with Crippen molar-refractivity contribution < 1.29 is 23.9 Å². The first-order chi connectivity index (χ1) is 28.2. The summed E-state index contributed by atoms with van der Waals surface area (Å²) in [6, 6.07) is 18.5. The largest absolute Gasteiger partial charge is 0.444 e. The van der Waals surface area contributed by atoms with Crippen LogP contribution in [0.4, 0.5) is 10.5 Å². The Labute approximate surface area is 346 Å². The maximum absolute atomic E-state index is 13.9. The second-order valence-corrected chi connectivity index (χ2v) is 17.1. The molecule has 0 saturated heterocycles. The van der Waals surface area contributed by atoms with Gasteiger partial charge in [0, 0.05) is 53.5 Å². The van der Waals surface area contributed by atoms with E-state index in [9.17, 15) is 19.2 Å². The summed E-state index contributed by atoms with van der Waals surface area (Å²) < 4.78 is 5.36. The molecule has 1 atom stereocenters. The normalized spacial score (nSPS) is 20.0. The fourth-order valence-electron chi connectivity index (χ4n) is 7.93. The predicted molar refractivity (Wildman–Crippen MR) is 225 cm³/mol. The van der Waals surface area contributed by atoms with Crippen LogP contribution in [0.1, 0.15) is 93.9 Å². The molecule has 314 valence electrons. The number of nitrogens with one attached hydrogen (secondary N) is 5.